The Bertz CT molecular complexity index is 571. The second-order valence-corrected chi connectivity index (χ2v) is 6.06. The van der Waals surface area contributed by atoms with E-state index in [0.29, 0.717) is 5.56 Å². The van der Waals surface area contributed by atoms with Gasteiger partial charge in [0.05, 0.1) is 17.9 Å². The summed E-state index contributed by atoms with van der Waals surface area (Å²) >= 11 is 0. The van der Waals surface area contributed by atoms with Crippen LogP contribution in [0.5, 0.6) is 0 Å². The molecule has 1 heterocycles. The first kappa shape index (κ1) is 17.3. The monoisotopic (exact) mass is 318 g/mol. The van der Waals surface area contributed by atoms with Crippen LogP contribution in [0.15, 0.2) is 36.2 Å². The zero-order valence-electron chi connectivity index (χ0n) is 13.9. The molecule has 5 nitrogen and oxygen atoms in total. The van der Waals surface area contributed by atoms with Gasteiger partial charge in [0.1, 0.15) is 6.10 Å². The highest BCUT2D eigenvalue weighted by Crippen LogP contribution is 2.30. The van der Waals surface area contributed by atoms with Crippen LogP contribution < -0.4 is 0 Å². The van der Waals surface area contributed by atoms with Gasteiger partial charge in [0, 0.05) is 25.4 Å². The number of unbranched alkanes of at least 4 members (excludes halogenated alkanes) is 3. The van der Waals surface area contributed by atoms with Crippen molar-refractivity contribution in [2.75, 3.05) is 20.3 Å². The summed E-state index contributed by atoms with van der Waals surface area (Å²) in [7, 11) is 1.92. The van der Waals surface area contributed by atoms with E-state index in [1.807, 2.05) is 18.1 Å². The van der Waals surface area contributed by atoms with Crippen LogP contribution >= 0.6 is 0 Å². The zero-order chi connectivity index (χ0) is 16.8. The van der Waals surface area contributed by atoms with E-state index in [1.165, 1.54) is 25.3 Å². The van der Waals surface area contributed by atoms with E-state index in [2.05, 4.69) is 11.8 Å². The maximum absolute atomic E-state index is 11.3. The maximum atomic E-state index is 11.3. The quantitative estimate of drug-likeness (QED) is 0.721. The molecule has 1 aromatic rings. The van der Waals surface area contributed by atoms with E-state index in [4.69, 9.17) is 0 Å². The molecule has 0 radical (unpaired) electrons. The lowest BCUT2D eigenvalue weighted by Gasteiger charge is -2.22. The number of hydrogen-bond donors (Lipinski definition) is 2. The topological polar surface area (TPSA) is 64.0 Å². The summed E-state index contributed by atoms with van der Waals surface area (Å²) in [6, 6.07) is 6.63. The van der Waals surface area contributed by atoms with Crippen molar-refractivity contribution in [2.45, 2.75) is 38.7 Å². The number of aliphatic hydroxyl groups excluding tert-OH is 1. The summed E-state index contributed by atoms with van der Waals surface area (Å²) in [5, 5.41) is 19.9. The van der Waals surface area contributed by atoms with Crippen molar-refractivity contribution in [3.8, 4) is 0 Å². The van der Waals surface area contributed by atoms with Crippen molar-refractivity contribution in [3.05, 3.63) is 47.3 Å². The first-order valence-corrected chi connectivity index (χ1v) is 8.21. The van der Waals surface area contributed by atoms with Crippen LogP contribution in [0, 0.1) is 0 Å². The molecule has 0 aliphatic carbocycles. The number of carboxylic acids is 1. The van der Waals surface area contributed by atoms with E-state index < -0.39 is 12.1 Å². The second kappa shape index (κ2) is 8.02. The Morgan fingerprint density at radius 2 is 2.00 bits per heavy atom. The molecule has 0 bridgehead atoms. The van der Waals surface area contributed by atoms with Crippen LogP contribution in [0.3, 0.4) is 0 Å². The minimum Gasteiger partial charge on any atom is -0.478 e. The van der Waals surface area contributed by atoms with Gasteiger partial charge in [-0.15, -0.1) is 0 Å². The lowest BCUT2D eigenvalue weighted by Crippen LogP contribution is -2.26. The third-order valence-electron chi connectivity index (χ3n) is 4.21. The standard InChI is InChI=1S/C18H26N2O3/c1-3-4-5-8-11-20-12-16(19(2)13-20)17(21)14-9-6-7-10-15(14)18(22)23/h6-7,9-10,12,17,21H,3-5,8,11,13H2,1-2H3,(H,22,23). The Morgan fingerprint density at radius 1 is 1.26 bits per heavy atom. The number of rotatable bonds is 8. The number of carboxylic acid groups (broad SMARTS) is 1. The average Bonchev–Trinajstić information content (AvgIpc) is 2.91. The first-order chi connectivity index (χ1) is 11.0. The van der Waals surface area contributed by atoms with Crippen LogP contribution in [0.25, 0.3) is 0 Å². The van der Waals surface area contributed by atoms with Crippen LogP contribution in [-0.2, 0) is 0 Å². The highest BCUT2D eigenvalue weighted by Gasteiger charge is 2.27. The van der Waals surface area contributed by atoms with Gasteiger partial charge in [-0.05, 0) is 12.5 Å². The van der Waals surface area contributed by atoms with Crippen LogP contribution in [0.2, 0.25) is 0 Å². The van der Waals surface area contributed by atoms with E-state index in [-0.39, 0.29) is 5.56 Å². The van der Waals surface area contributed by atoms with Gasteiger partial charge in [0.2, 0.25) is 0 Å². The lowest BCUT2D eigenvalue weighted by molar-refractivity contribution is 0.0690. The van der Waals surface area contributed by atoms with Crippen molar-refractivity contribution in [1.82, 2.24) is 9.80 Å². The fraction of sp³-hybridized carbons (Fsp3) is 0.500. The molecule has 23 heavy (non-hydrogen) atoms. The molecule has 0 aromatic heterocycles. The molecule has 1 aliphatic heterocycles. The first-order valence-electron chi connectivity index (χ1n) is 8.21. The molecular weight excluding hydrogens is 292 g/mol. The lowest BCUT2D eigenvalue weighted by atomic mass is 10.0. The Labute approximate surface area is 137 Å². The molecular formula is C18H26N2O3. The van der Waals surface area contributed by atoms with Crippen LogP contribution in [0.1, 0.15) is 54.6 Å². The fourth-order valence-electron chi connectivity index (χ4n) is 2.93. The number of hydrogen-bond acceptors (Lipinski definition) is 4. The number of benzene rings is 1. The number of likely N-dealkylation sites (N-methyl/N-ethyl adjacent to an activating group) is 1. The van der Waals surface area contributed by atoms with Gasteiger partial charge < -0.3 is 20.0 Å². The molecule has 1 aromatic carbocycles. The number of nitrogens with zero attached hydrogens (tertiary/aromatic N) is 2. The highest BCUT2D eigenvalue weighted by molar-refractivity contribution is 5.89. The molecule has 1 aliphatic rings. The SMILES string of the molecule is CCCCCCN1C=C(C(O)c2ccccc2C(=O)O)N(C)C1. The highest BCUT2D eigenvalue weighted by atomic mass is 16.4. The second-order valence-electron chi connectivity index (χ2n) is 6.06. The Balaban J connectivity index is 2.09. The van der Waals surface area contributed by atoms with Crippen molar-refractivity contribution >= 4 is 5.97 Å². The average molecular weight is 318 g/mol. The Hall–Kier alpha value is -2.01. The van der Waals surface area contributed by atoms with Gasteiger partial charge in [-0.1, -0.05) is 44.4 Å². The number of aliphatic hydroxyl groups is 1. The largest absolute Gasteiger partial charge is 0.478 e. The van der Waals surface area contributed by atoms with Crippen molar-refractivity contribution < 1.29 is 15.0 Å². The molecule has 0 saturated carbocycles. The number of aromatic carboxylic acids is 1. The van der Waals surface area contributed by atoms with Gasteiger partial charge in [-0.25, -0.2) is 4.79 Å². The molecule has 0 saturated heterocycles. The normalized spacial score (nSPS) is 15.7. The molecule has 5 heteroatoms. The van der Waals surface area contributed by atoms with Gasteiger partial charge in [0.15, 0.2) is 0 Å². The van der Waals surface area contributed by atoms with Crippen LogP contribution in [0.4, 0.5) is 0 Å². The molecule has 0 fully saturated rings. The third kappa shape index (κ3) is 4.26. The predicted molar refractivity (Wildman–Crippen MR) is 89.9 cm³/mol. The molecule has 0 spiro atoms. The summed E-state index contributed by atoms with van der Waals surface area (Å²) in [4.78, 5) is 15.5. The summed E-state index contributed by atoms with van der Waals surface area (Å²) in [6.07, 6.45) is 5.83. The molecule has 2 N–H and O–H groups in total. The fourth-order valence-corrected chi connectivity index (χ4v) is 2.93. The van der Waals surface area contributed by atoms with Crippen molar-refractivity contribution in [1.29, 1.82) is 0 Å². The molecule has 126 valence electrons. The Morgan fingerprint density at radius 3 is 2.70 bits per heavy atom. The zero-order valence-corrected chi connectivity index (χ0v) is 13.9. The summed E-state index contributed by atoms with van der Waals surface area (Å²) in [5.74, 6) is -1.02. The Kier molecular flexibility index (Phi) is 6.04. The van der Waals surface area contributed by atoms with E-state index in [1.54, 1.807) is 18.2 Å². The molecule has 1 atom stereocenters. The van der Waals surface area contributed by atoms with Crippen molar-refractivity contribution in [3.63, 3.8) is 0 Å². The van der Waals surface area contributed by atoms with Crippen molar-refractivity contribution in [2.24, 2.45) is 0 Å². The summed E-state index contributed by atoms with van der Waals surface area (Å²) < 4.78 is 0. The summed E-state index contributed by atoms with van der Waals surface area (Å²) in [6.45, 7) is 3.88. The third-order valence-corrected chi connectivity index (χ3v) is 4.21. The number of carbonyl (C=O) groups is 1. The summed E-state index contributed by atoms with van der Waals surface area (Å²) in [5.41, 5.74) is 1.33. The van der Waals surface area contributed by atoms with Crippen LogP contribution in [-0.4, -0.2) is 46.2 Å². The van der Waals surface area contributed by atoms with E-state index >= 15 is 0 Å². The van der Waals surface area contributed by atoms with Gasteiger partial charge in [0.25, 0.3) is 0 Å². The smallest absolute Gasteiger partial charge is 0.336 e. The van der Waals surface area contributed by atoms with E-state index in [9.17, 15) is 15.0 Å². The van der Waals surface area contributed by atoms with E-state index in [0.717, 1.165) is 25.3 Å². The maximum Gasteiger partial charge on any atom is 0.336 e. The minimum atomic E-state index is -1.02. The predicted octanol–water partition coefficient (Wildman–Crippen LogP) is 3.04. The molecule has 2 rings (SSSR count). The van der Waals surface area contributed by atoms with Gasteiger partial charge >= 0.3 is 5.97 Å². The van der Waals surface area contributed by atoms with Gasteiger partial charge in [-0.3, -0.25) is 0 Å². The van der Waals surface area contributed by atoms with Gasteiger partial charge in [-0.2, -0.15) is 0 Å². The minimum absolute atomic E-state index is 0.149. The molecule has 1 unspecified atom stereocenters. The molecule has 0 amide bonds.